The number of benzene rings is 2. The molecule has 21 heavy (non-hydrogen) atoms. The second kappa shape index (κ2) is 6.58. The molecule has 1 aliphatic rings. The van der Waals surface area contributed by atoms with Gasteiger partial charge in [-0.3, -0.25) is 4.79 Å². The van der Waals surface area contributed by atoms with E-state index in [1.54, 1.807) is 0 Å². The Morgan fingerprint density at radius 3 is 2.71 bits per heavy atom. The highest BCUT2D eigenvalue weighted by Gasteiger charge is 2.22. The van der Waals surface area contributed by atoms with Gasteiger partial charge in [0.1, 0.15) is 0 Å². The molecule has 0 saturated heterocycles. The molecular formula is C17H16O2S2. The van der Waals surface area contributed by atoms with Crippen LogP contribution in [0.5, 0.6) is 0 Å². The molecule has 108 valence electrons. The Bertz CT molecular complexity index is 637. The van der Waals surface area contributed by atoms with Crippen LogP contribution in [0.25, 0.3) is 0 Å². The zero-order chi connectivity index (χ0) is 14.7. The van der Waals surface area contributed by atoms with Gasteiger partial charge < -0.3 is 5.11 Å². The molecule has 0 spiro atoms. The van der Waals surface area contributed by atoms with Gasteiger partial charge in [-0.05, 0) is 29.3 Å². The average Bonchev–Trinajstić information content (AvgIpc) is 2.89. The molecule has 1 heterocycles. The van der Waals surface area contributed by atoms with Crippen LogP contribution in [0.4, 0.5) is 0 Å². The van der Waals surface area contributed by atoms with Crippen molar-refractivity contribution >= 4 is 29.5 Å². The Morgan fingerprint density at radius 2 is 1.95 bits per heavy atom. The molecule has 0 amide bonds. The van der Waals surface area contributed by atoms with E-state index in [0.29, 0.717) is 5.92 Å². The van der Waals surface area contributed by atoms with Crippen molar-refractivity contribution < 1.29 is 9.90 Å². The predicted octanol–water partition coefficient (Wildman–Crippen LogP) is 4.30. The molecular weight excluding hydrogens is 300 g/mol. The van der Waals surface area contributed by atoms with E-state index in [-0.39, 0.29) is 6.42 Å². The molecule has 1 atom stereocenters. The zero-order valence-electron chi connectivity index (χ0n) is 11.5. The maximum absolute atomic E-state index is 10.7. The number of carboxylic acid groups (broad SMARTS) is 1. The lowest BCUT2D eigenvalue weighted by atomic mass is 10.0. The van der Waals surface area contributed by atoms with Gasteiger partial charge in [-0.1, -0.05) is 30.3 Å². The van der Waals surface area contributed by atoms with Gasteiger partial charge in [0, 0.05) is 27.2 Å². The minimum absolute atomic E-state index is 0.0948. The quantitative estimate of drug-likeness (QED) is 0.835. The van der Waals surface area contributed by atoms with E-state index in [9.17, 15) is 4.79 Å². The third kappa shape index (κ3) is 3.63. The lowest BCUT2D eigenvalue weighted by Gasteiger charge is -2.10. The number of fused-ring (bicyclic) bond motifs is 1. The molecule has 1 aliphatic heterocycles. The summed E-state index contributed by atoms with van der Waals surface area (Å²) in [5.41, 5.74) is 2.33. The van der Waals surface area contributed by atoms with Gasteiger partial charge in [0.05, 0.1) is 6.42 Å². The van der Waals surface area contributed by atoms with Crippen molar-refractivity contribution in [1.82, 2.24) is 0 Å². The molecule has 0 aliphatic carbocycles. The molecule has 1 N–H and O–H groups in total. The molecule has 0 radical (unpaired) electrons. The summed E-state index contributed by atoms with van der Waals surface area (Å²) in [6.07, 6.45) is 0.0948. The van der Waals surface area contributed by atoms with Gasteiger partial charge in [0.2, 0.25) is 0 Å². The molecule has 4 heteroatoms. The van der Waals surface area contributed by atoms with Crippen molar-refractivity contribution in [2.75, 3.05) is 11.5 Å². The van der Waals surface area contributed by atoms with Crippen LogP contribution in [0.15, 0.2) is 58.3 Å². The second-order valence-corrected chi connectivity index (χ2v) is 7.23. The van der Waals surface area contributed by atoms with Crippen LogP contribution >= 0.6 is 23.5 Å². The Balaban J connectivity index is 1.60. The summed E-state index contributed by atoms with van der Waals surface area (Å²) in [6, 6.07) is 16.5. The van der Waals surface area contributed by atoms with E-state index in [1.165, 1.54) is 15.4 Å². The van der Waals surface area contributed by atoms with E-state index in [1.807, 2.05) is 47.8 Å². The summed E-state index contributed by atoms with van der Waals surface area (Å²) in [6.45, 7) is 0. The Kier molecular flexibility index (Phi) is 4.56. The summed E-state index contributed by atoms with van der Waals surface area (Å²) in [5.74, 6) is 2.05. The van der Waals surface area contributed by atoms with Crippen LogP contribution in [0.3, 0.4) is 0 Å². The maximum atomic E-state index is 10.7. The third-order valence-electron chi connectivity index (χ3n) is 3.53. The maximum Gasteiger partial charge on any atom is 0.307 e. The smallest absolute Gasteiger partial charge is 0.307 e. The molecule has 3 rings (SSSR count). The largest absolute Gasteiger partial charge is 0.481 e. The van der Waals surface area contributed by atoms with Gasteiger partial charge in [-0.15, -0.1) is 23.5 Å². The highest BCUT2D eigenvalue weighted by atomic mass is 32.2. The third-order valence-corrected chi connectivity index (χ3v) is 5.96. The second-order valence-electron chi connectivity index (χ2n) is 5.07. The first-order valence-electron chi connectivity index (χ1n) is 6.87. The van der Waals surface area contributed by atoms with Gasteiger partial charge >= 0.3 is 5.97 Å². The fraction of sp³-hybridized carbons (Fsp3) is 0.235. The van der Waals surface area contributed by atoms with Crippen LogP contribution < -0.4 is 0 Å². The molecule has 0 fully saturated rings. The van der Waals surface area contributed by atoms with Crippen molar-refractivity contribution in [3.63, 3.8) is 0 Å². The Hall–Kier alpha value is -1.39. The van der Waals surface area contributed by atoms with E-state index in [4.69, 9.17) is 5.11 Å². The van der Waals surface area contributed by atoms with E-state index < -0.39 is 5.97 Å². The highest BCUT2D eigenvalue weighted by molar-refractivity contribution is 8.00. The van der Waals surface area contributed by atoms with Gasteiger partial charge in [0.15, 0.2) is 0 Å². The molecule has 2 nitrogen and oxygen atoms in total. The van der Waals surface area contributed by atoms with Crippen molar-refractivity contribution in [2.45, 2.75) is 22.1 Å². The number of carboxylic acids is 1. The molecule has 1 unspecified atom stereocenters. The van der Waals surface area contributed by atoms with E-state index in [0.717, 1.165) is 17.1 Å². The first-order chi connectivity index (χ1) is 10.2. The van der Waals surface area contributed by atoms with Crippen molar-refractivity contribution in [2.24, 2.45) is 0 Å². The SMILES string of the molecule is O=C(O)Cc1ccc(SCC2CSc3ccccc32)cc1. The number of carbonyl (C=O) groups is 1. The number of rotatable bonds is 5. The molecule has 2 aromatic carbocycles. The molecule has 2 aromatic rings. The normalized spacial score (nSPS) is 16.7. The lowest BCUT2D eigenvalue weighted by Crippen LogP contribution is -2.01. The highest BCUT2D eigenvalue weighted by Crippen LogP contribution is 2.41. The predicted molar refractivity (Wildman–Crippen MR) is 88.4 cm³/mol. The number of hydrogen-bond donors (Lipinski definition) is 1. The van der Waals surface area contributed by atoms with Crippen molar-refractivity contribution in [3.8, 4) is 0 Å². The minimum atomic E-state index is -0.782. The summed E-state index contributed by atoms with van der Waals surface area (Å²) >= 11 is 3.79. The lowest BCUT2D eigenvalue weighted by molar-refractivity contribution is -0.136. The first kappa shape index (κ1) is 14.5. The van der Waals surface area contributed by atoms with Crippen LogP contribution in [-0.2, 0) is 11.2 Å². The first-order valence-corrected chi connectivity index (χ1v) is 8.85. The summed E-state index contributed by atoms with van der Waals surface area (Å²) in [7, 11) is 0. The van der Waals surface area contributed by atoms with Gasteiger partial charge in [-0.25, -0.2) is 0 Å². The summed E-state index contributed by atoms with van der Waals surface area (Å²) in [4.78, 5) is 13.3. The van der Waals surface area contributed by atoms with Crippen LogP contribution in [0, 0.1) is 0 Å². The average molecular weight is 316 g/mol. The number of thioether (sulfide) groups is 2. The topological polar surface area (TPSA) is 37.3 Å². The zero-order valence-corrected chi connectivity index (χ0v) is 13.1. The van der Waals surface area contributed by atoms with Crippen LogP contribution in [0.2, 0.25) is 0 Å². The van der Waals surface area contributed by atoms with Crippen LogP contribution in [-0.4, -0.2) is 22.6 Å². The fourth-order valence-corrected chi connectivity index (χ4v) is 4.87. The minimum Gasteiger partial charge on any atom is -0.481 e. The number of aliphatic carboxylic acids is 1. The van der Waals surface area contributed by atoms with Crippen molar-refractivity contribution in [3.05, 3.63) is 59.7 Å². The molecule has 0 aromatic heterocycles. The number of hydrogen-bond acceptors (Lipinski definition) is 3. The van der Waals surface area contributed by atoms with Gasteiger partial charge in [-0.2, -0.15) is 0 Å². The monoisotopic (exact) mass is 316 g/mol. The standard InChI is InChI=1S/C17H16O2S2/c18-17(19)9-12-5-7-14(8-6-12)20-10-13-11-21-16-4-2-1-3-15(13)16/h1-8,13H,9-11H2,(H,18,19). The van der Waals surface area contributed by atoms with E-state index >= 15 is 0 Å². The Labute approximate surface area is 133 Å². The fourth-order valence-electron chi connectivity index (χ4n) is 2.44. The van der Waals surface area contributed by atoms with Crippen molar-refractivity contribution in [1.29, 1.82) is 0 Å². The van der Waals surface area contributed by atoms with Crippen LogP contribution in [0.1, 0.15) is 17.0 Å². The summed E-state index contributed by atoms with van der Waals surface area (Å²) in [5, 5.41) is 8.77. The van der Waals surface area contributed by atoms with E-state index in [2.05, 4.69) is 24.3 Å². The summed E-state index contributed by atoms with van der Waals surface area (Å²) < 4.78 is 0. The van der Waals surface area contributed by atoms with Gasteiger partial charge in [0.25, 0.3) is 0 Å². The Morgan fingerprint density at radius 1 is 1.19 bits per heavy atom. The molecule has 0 bridgehead atoms. The molecule has 0 saturated carbocycles.